The number of carboxylic acid groups (broad SMARTS) is 1. The minimum atomic E-state index is -0.903. The minimum absolute atomic E-state index is 0.0205. The number of rotatable bonds is 9. The van der Waals surface area contributed by atoms with Gasteiger partial charge in [0.15, 0.2) is 5.78 Å². The molecule has 1 N–H and O–H groups in total. The molecule has 0 radical (unpaired) electrons. The van der Waals surface area contributed by atoms with Crippen molar-refractivity contribution in [2.24, 2.45) is 11.8 Å². The number of benzene rings is 2. The summed E-state index contributed by atoms with van der Waals surface area (Å²) in [6.45, 7) is 0.223. The van der Waals surface area contributed by atoms with E-state index in [4.69, 9.17) is 0 Å². The van der Waals surface area contributed by atoms with E-state index in [1.165, 1.54) is 4.90 Å². The summed E-state index contributed by atoms with van der Waals surface area (Å²) >= 11 is 0. The zero-order valence-electron chi connectivity index (χ0n) is 17.2. The van der Waals surface area contributed by atoms with Crippen molar-refractivity contribution in [3.8, 4) is 0 Å². The van der Waals surface area contributed by atoms with Gasteiger partial charge in [-0.25, -0.2) is 0 Å². The largest absolute Gasteiger partial charge is 0.481 e. The SMILES string of the molecule is O=C(C[C@H](C(=O)O)C1CCCCC1)CN(Cc1ccccc1)C(=O)c1ccccc1. The first-order valence-electron chi connectivity index (χ1n) is 10.7. The van der Waals surface area contributed by atoms with Gasteiger partial charge in [0.05, 0.1) is 12.5 Å². The Kier molecular flexibility index (Phi) is 7.77. The Bertz CT molecular complexity index is 844. The predicted molar refractivity (Wildman–Crippen MR) is 115 cm³/mol. The maximum Gasteiger partial charge on any atom is 0.307 e. The fourth-order valence-corrected chi connectivity index (χ4v) is 4.28. The van der Waals surface area contributed by atoms with Crippen LogP contribution in [0, 0.1) is 11.8 Å². The van der Waals surface area contributed by atoms with E-state index < -0.39 is 11.9 Å². The Morgan fingerprint density at radius 3 is 2.10 bits per heavy atom. The second-order valence-corrected chi connectivity index (χ2v) is 8.10. The highest BCUT2D eigenvalue weighted by Crippen LogP contribution is 2.32. The lowest BCUT2D eigenvalue weighted by molar-refractivity contribution is -0.146. The summed E-state index contributed by atoms with van der Waals surface area (Å²) in [4.78, 5) is 39.3. The third kappa shape index (κ3) is 6.02. The molecule has 30 heavy (non-hydrogen) atoms. The van der Waals surface area contributed by atoms with Gasteiger partial charge in [-0.2, -0.15) is 0 Å². The molecule has 1 atom stereocenters. The molecule has 1 fully saturated rings. The molecular weight excluding hydrogens is 378 g/mol. The van der Waals surface area contributed by atoms with Crippen LogP contribution in [0.5, 0.6) is 0 Å². The molecule has 0 saturated heterocycles. The van der Waals surface area contributed by atoms with E-state index in [2.05, 4.69) is 0 Å². The van der Waals surface area contributed by atoms with Crippen molar-refractivity contribution in [1.82, 2.24) is 4.90 Å². The van der Waals surface area contributed by atoms with Gasteiger partial charge < -0.3 is 10.0 Å². The standard InChI is InChI=1S/C25H29NO4/c27-22(16-23(25(29)30)20-12-6-2-7-13-20)18-26(17-19-10-4-1-5-11-19)24(28)21-14-8-3-9-15-21/h1,3-5,8-11,14-15,20,23H,2,6-7,12-13,16-18H2,(H,29,30)/t23-/m0/s1. The van der Waals surface area contributed by atoms with E-state index in [1.807, 2.05) is 36.4 Å². The van der Waals surface area contributed by atoms with Crippen molar-refractivity contribution < 1.29 is 19.5 Å². The first kappa shape index (κ1) is 21.8. The summed E-state index contributed by atoms with van der Waals surface area (Å²) in [5.74, 6) is -1.94. The van der Waals surface area contributed by atoms with Crippen LogP contribution in [0.3, 0.4) is 0 Å². The minimum Gasteiger partial charge on any atom is -0.481 e. The second kappa shape index (κ2) is 10.7. The van der Waals surface area contributed by atoms with Crippen LogP contribution >= 0.6 is 0 Å². The van der Waals surface area contributed by atoms with Crippen LogP contribution < -0.4 is 0 Å². The highest BCUT2D eigenvalue weighted by atomic mass is 16.4. The van der Waals surface area contributed by atoms with Gasteiger partial charge in [0.25, 0.3) is 5.91 Å². The van der Waals surface area contributed by atoms with Crippen molar-refractivity contribution in [1.29, 1.82) is 0 Å². The third-order valence-corrected chi connectivity index (χ3v) is 5.88. The molecule has 1 amide bonds. The summed E-state index contributed by atoms with van der Waals surface area (Å²) in [5, 5.41) is 9.70. The van der Waals surface area contributed by atoms with Crippen LogP contribution in [0.2, 0.25) is 0 Å². The van der Waals surface area contributed by atoms with Crippen LogP contribution in [0.4, 0.5) is 0 Å². The number of carbonyl (C=O) groups excluding carboxylic acids is 2. The van der Waals surface area contributed by atoms with Crippen molar-refractivity contribution in [3.63, 3.8) is 0 Å². The van der Waals surface area contributed by atoms with Gasteiger partial charge in [-0.05, 0) is 36.5 Å². The molecule has 0 unspecified atom stereocenters. The monoisotopic (exact) mass is 407 g/mol. The lowest BCUT2D eigenvalue weighted by atomic mass is 9.78. The van der Waals surface area contributed by atoms with Gasteiger partial charge in [-0.15, -0.1) is 0 Å². The number of ketones is 1. The summed E-state index contributed by atoms with van der Waals surface area (Å²) in [5.41, 5.74) is 1.44. The fraction of sp³-hybridized carbons (Fsp3) is 0.400. The number of nitrogens with zero attached hydrogens (tertiary/aromatic N) is 1. The average molecular weight is 408 g/mol. The van der Waals surface area contributed by atoms with Crippen molar-refractivity contribution in [2.45, 2.75) is 45.1 Å². The first-order valence-corrected chi connectivity index (χ1v) is 10.7. The molecule has 0 bridgehead atoms. The Labute approximate surface area is 177 Å². The number of hydrogen-bond acceptors (Lipinski definition) is 3. The maximum absolute atomic E-state index is 13.1. The van der Waals surface area contributed by atoms with E-state index in [0.29, 0.717) is 12.1 Å². The molecule has 0 aromatic heterocycles. The smallest absolute Gasteiger partial charge is 0.307 e. The van der Waals surface area contributed by atoms with E-state index in [-0.39, 0.29) is 30.6 Å². The molecule has 0 spiro atoms. The molecule has 158 valence electrons. The zero-order valence-corrected chi connectivity index (χ0v) is 17.2. The molecule has 2 aromatic rings. The maximum atomic E-state index is 13.1. The topological polar surface area (TPSA) is 74.7 Å². The molecule has 1 aliphatic rings. The Hall–Kier alpha value is -2.95. The quantitative estimate of drug-likeness (QED) is 0.661. The van der Waals surface area contributed by atoms with Crippen LogP contribution in [-0.4, -0.2) is 34.2 Å². The van der Waals surface area contributed by atoms with Crippen molar-refractivity contribution in [3.05, 3.63) is 71.8 Å². The summed E-state index contributed by atoms with van der Waals surface area (Å²) < 4.78 is 0. The van der Waals surface area contributed by atoms with Gasteiger partial charge in [-0.3, -0.25) is 14.4 Å². The van der Waals surface area contributed by atoms with Crippen molar-refractivity contribution >= 4 is 17.7 Å². The number of carbonyl (C=O) groups is 3. The normalized spacial score (nSPS) is 15.3. The molecule has 5 heteroatoms. The number of aliphatic carboxylic acids is 1. The molecule has 1 saturated carbocycles. The highest BCUT2D eigenvalue weighted by molar-refractivity contribution is 5.97. The van der Waals surface area contributed by atoms with Gasteiger partial charge in [0, 0.05) is 18.5 Å². The Morgan fingerprint density at radius 2 is 1.50 bits per heavy atom. The third-order valence-electron chi connectivity index (χ3n) is 5.88. The van der Waals surface area contributed by atoms with Crippen LogP contribution in [0.1, 0.15) is 54.4 Å². The van der Waals surface area contributed by atoms with Gasteiger partial charge >= 0.3 is 5.97 Å². The lowest BCUT2D eigenvalue weighted by Crippen LogP contribution is -2.37. The Morgan fingerprint density at radius 1 is 0.900 bits per heavy atom. The Balaban J connectivity index is 1.73. The van der Waals surface area contributed by atoms with E-state index in [9.17, 15) is 19.5 Å². The number of carboxylic acids is 1. The number of Topliss-reactive ketones (excluding diaryl/α,β-unsaturated/α-hetero) is 1. The second-order valence-electron chi connectivity index (χ2n) is 8.10. The molecule has 0 aliphatic heterocycles. The number of amides is 1. The summed E-state index contributed by atoms with van der Waals surface area (Å²) in [6, 6.07) is 18.4. The van der Waals surface area contributed by atoms with Gasteiger partial charge in [-0.1, -0.05) is 67.8 Å². The van der Waals surface area contributed by atoms with Gasteiger partial charge in [0.1, 0.15) is 0 Å². The molecule has 3 rings (SSSR count). The van der Waals surface area contributed by atoms with Crippen LogP contribution in [0.25, 0.3) is 0 Å². The molecule has 0 heterocycles. The fourth-order valence-electron chi connectivity index (χ4n) is 4.28. The summed E-state index contributed by atoms with van der Waals surface area (Å²) in [6.07, 6.45) is 4.88. The van der Waals surface area contributed by atoms with E-state index >= 15 is 0 Å². The van der Waals surface area contributed by atoms with Gasteiger partial charge in [0.2, 0.25) is 0 Å². The van der Waals surface area contributed by atoms with E-state index in [1.54, 1.807) is 24.3 Å². The molecule has 1 aliphatic carbocycles. The lowest BCUT2D eigenvalue weighted by Gasteiger charge is -2.28. The molecular formula is C25H29NO4. The zero-order chi connectivity index (χ0) is 21.3. The average Bonchev–Trinajstić information content (AvgIpc) is 2.78. The van der Waals surface area contributed by atoms with E-state index in [0.717, 1.165) is 37.7 Å². The molecule has 2 aromatic carbocycles. The first-order chi connectivity index (χ1) is 14.5. The molecule has 5 nitrogen and oxygen atoms in total. The number of hydrogen-bond donors (Lipinski definition) is 1. The van der Waals surface area contributed by atoms with Crippen LogP contribution in [-0.2, 0) is 16.1 Å². The van der Waals surface area contributed by atoms with Crippen molar-refractivity contribution in [2.75, 3.05) is 6.54 Å². The highest BCUT2D eigenvalue weighted by Gasteiger charge is 2.32. The van der Waals surface area contributed by atoms with Crippen LogP contribution in [0.15, 0.2) is 60.7 Å². The summed E-state index contributed by atoms with van der Waals surface area (Å²) in [7, 11) is 0. The predicted octanol–water partition coefficient (Wildman–Crippen LogP) is 4.57.